The van der Waals surface area contributed by atoms with Crippen LogP contribution in [0.3, 0.4) is 0 Å². The number of aromatic nitrogens is 1. The van der Waals surface area contributed by atoms with Crippen molar-refractivity contribution >= 4 is 34.9 Å². The fourth-order valence-electron chi connectivity index (χ4n) is 5.28. The van der Waals surface area contributed by atoms with Gasteiger partial charge in [-0.25, -0.2) is 0 Å². The van der Waals surface area contributed by atoms with Gasteiger partial charge < -0.3 is 9.30 Å². The Balaban J connectivity index is 1.48. The number of carbonyl (C=O) groups excluding carboxylic acids is 3. The molecule has 2 aromatic rings. The lowest BCUT2D eigenvalue weighted by Gasteiger charge is -2.13. The number of para-hydroxylation sites is 1. The minimum atomic E-state index is -0.314. The molecule has 3 aliphatic rings. The van der Waals surface area contributed by atoms with Crippen LogP contribution in [-0.4, -0.2) is 40.2 Å². The Labute approximate surface area is 174 Å². The summed E-state index contributed by atoms with van der Waals surface area (Å²) in [6.07, 6.45) is 6.60. The summed E-state index contributed by atoms with van der Waals surface area (Å²) in [4.78, 5) is 37.8. The SMILES string of the molecule is CCOC(=O)Cn1c(C)c(C=NN2C(=O)C3C4C=CC(C4)C3C2=O)c2ccccc21. The van der Waals surface area contributed by atoms with E-state index in [0.29, 0.717) is 6.61 Å². The van der Waals surface area contributed by atoms with Gasteiger partial charge in [0.1, 0.15) is 6.54 Å². The van der Waals surface area contributed by atoms with Crippen LogP contribution in [0.25, 0.3) is 10.9 Å². The first-order valence-electron chi connectivity index (χ1n) is 10.3. The minimum absolute atomic E-state index is 0.0920. The molecule has 2 amide bonds. The van der Waals surface area contributed by atoms with E-state index in [1.807, 2.05) is 35.8 Å². The number of fused-ring (bicyclic) bond motifs is 6. The quantitative estimate of drug-likeness (QED) is 0.331. The number of imide groups is 1. The summed E-state index contributed by atoms with van der Waals surface area (Å²) in [6.45, 7) is 4.09. The van der Waals surface area contributed by atoms with Crippen molar-refractivity contribution in [3.63, 3.8) is 0 Å². The number of hydrazone groups is 1. The smallest absolute Gasteiger partial charge is 0.325 e. The summed E-state index contributed by atoms with van der Waals surface area (Å²) in [7, 11) is 0. The Hall–Kier alpha value is -3.22. The topological polar surface area (TPSA) is 81.0 Å². The van der Waals surface area contributed by atoms with E-state index in [0.717, 1.165) is 33.6 Å². The molecule has 4 atom stereocenters. The Morgan fingerprint density at radius 2 is 1.83 bits per heavy atom. The standard InChI is InChI=1S/C23H23N3O4/c1-3-30-19(27)12-25-13(2)17(16-6-4-5-7-18(16)25)11-24-26-22(28)20-14-8-9-15(10-14)21(20)23(26)29/h4-9,11,14-15,20-21H,3,10,12H2,1-2H3. The van der Waals surface area contributed by atoms with Crippen LogP contribution in [0.5, 0.6) is 0 Å². The van der Waals surface area contributed by atoms with E-state index in [9.17, 15) is 14.4 Å². The molecule has 7 heteroatoms. The molecule has 0 N–H and O–H groups in total. The molecule has 1 saturated heterocycles. The molecule has 5 rings (SSSR count). The van der Waals surface area contributed by atoms with E-state index in [1.165, 1.54) is 0 Å². The molecular weight excluding hydrogens is 382 g/mol. The molecule has 1 saturated carbocycles. The molecule has 2 bridgehead atoms. The van der Waals surface area contributed by atoms with Crippen molar-refractivity contribution in [1.82, 2.24) is 9.58 Å². The van der Waals surface area contributed by atoms with Gasteiger partial charge in [0.15, 0.2) is 0 Å². The Morgan fingerprint density at radius 1 is 1.17 bits per heavy atom. The highest BCUT2D eigenvalue weighted by Gasteiger charge is 2.59. The molecule has 154 valence electrons. The van der Waals surface area contributed by atoms with E-state index in [4.69, 9.17) is 4.74 Å². The first kappa shape index (κ1) is 18.8. The van der Waals surface area contributed by atoms with Gasteiger partial charge >= 0.3 is 5.97 Å². The van der Waals surface area contributed by atoms with E-state index in [1.54, 1.807) is 13.1 Å². The number of rotatable bonds is 5. The number of benzene rings is 1. The minimum Gasteiger partial charge on any atom is -0.465 e. The molecule has 0 radical (unpaired) electrons. The fourth-order valence-corrected chi connectivity index (χ4v) is 5.28. The summed E-state index contributed by atoms with van der Waals surface area (Å²) >= 11 is 0. The number of ether oxygens (including phenoxy) is 1. The summed E-state index contributed by atoms with van der Waals surface area (Å²) < 4.78 is 6.98. The first-order chi connectivity index (χ1) is 14.5. The van der Waals surface area contributed by atoms with Gasteiger partial charge in [0.25, 0.3) is 11.8 Å². The van der Waals surface area contributed by atoms with Crippen LogP contribution in [0.15, 0.2) is 41.5 Å². The van der Waals surface area contributed by atoms with Gasteiger partial charge in [0.2, 0.25) is 0 Å². The van der Waals surface area contributed by atoms with Gasteiger partial charge in [-0.05, 0) is 38.2 Å². The molecule has 2 aliphatic carbocycles. The lowest BCUT2D eigenvalue weighted by atomic mass is 9.85. The maximum absolute atomic E-state index is 12.9. The van der Waals surface area contributed by atoms with Gasteiger partial charge in [-0.15, -0.1) is 0 Å². The largest absolute Gasteiger partial charge is 0.465 e. The molecule has 1 aliphatic heterocycles. The van der Waals surface area contributed by atoms with Crippen molar-refractivity contribution in [1.29, 1.82) is 0 Å². The maximum atomic E-state index is 12.9. The van der Waals surface area contributed by atoms with Gasteiger partial charge in [0.05, 0.1) is 24.7 Å². The van der Waals surface area contributed by atoms with Gasteiger partial charge in [-0.3, -0.25) is 14.4 Å². The molecule has 4 unspecified atom stereocenters. The highest BCUT2D eigenvalue weighted by Crippen LogP contribution is 2.52. The number of hydrogen-bond donors (Lipinski definition) is 0. The monoisotopic (exact) mass is 405 g/mol. The molecule has 2 fully saturated rings. The number of hydrogen-bond acceptors (Lipinski definition) is 5. The van der Waals surface area contributed by atoms with Crippen LogP contribution >= 0.6 is 0 Å². The fraction of sp³-hybridized carbons (Fsp3) is 0.391. The number of carbonyl (C=O) groups is 3. The van der Waals surface area contributed by atoms with Crippen molar-refractivity contribution in [2.75, 3.05) is 6.61 Å². The maximum Gasteiger partial charge on any atom is 0.325 e. The van der Waals surface area contributed by atoms with Crippen molar-refractivity contribution in [3.8, 4) is 0 Å². The molecule has 30 heavy (non-hydrogen) atoms. The lowest BCUT2D eigenvalue weighted by molar-refractivity contribution is -0.144. The van der Waals surface area contributed by atoms with Crippen LogP contribution in [0.1, 0.15) is 24.6 Å². The van der Waals surface area contributed by atoms with Gasteiger partial charge in [-0.1, -0.05) is 30.4 Å². The third-order valence-electron chi connectivity index (χ3n) is 6.62. The molecule has 0 spiro atoms. The second kappa shape index (κ2) is 6.93. The summed E-state index contributed by atoms with van der Waals surface area (Å²) in [5.41, 5.74) is 2.49. The average molecular weight is 405 g/mol. The molecule has 1 aromatic heterocycles. The van der Waals surface area contributed by atoms with Crippen LogP contribution in [0.2, 0.25) is 0 Å². The highest BCUT2D eigenvalue weighted by atomic mass is 16.5. The second-order valence-electron chi connectivity index (χ2n) is 8.14. The van der Waals surface area contributed by atoms with Crippen molar-refractivity contribution < 1.29 is 19.1 Å². The zero-order valence-corrected chi connectivity index (χ0v) is 16.9. The van der Waals surface area contributed by atoms with E-state index in [-0.39, 0.29) is 48.0 Å². The molecular formula is C23H23N3O4. The molecule has 1 aromatic carbocycles. The predicted octanol–water partition coefficient (Wildman–Crippen LogP) is 2.65. The third-order valence-corrected chi connectivity index (χ3v) is 6.62. The number of nitrogens with zero attached hydrogens (tertiary/aromatic N) is 3. The second-order valence-corrected chi connectivity index (χ2v) is 8.14. The summed E-state index contributed by atoms with van der Waals surface area (Å²) in [5, 5.41) is 6.29. The predicted molar refractivity (Wildman–Crippen MR) is 110 cm³/mol. The highest BCUT2D eigenvalue weighted by molar-refractivity contribution is 6.08. The van der Waals surface area contributed by atoms with Crippen LogP contribution in [0, 0.1) is 30.6 Å². The van der Waals surface area contributed by atoms with E-state index < -0.39 is 0 Å². The van der Waals surface area contributed by atoms with Crippen LogP contribution < -0.4 is 0 Å². The van der Waals surface area contributed by atoms with Gasteiger partial charge in [-0.2, -0.15) is 10.1 Å². The third kappa shape index (κ3) is 2.65. The molecule has 7 nitrogen and oxygen atoms in total. The number of esters is 1. The van der Waals surface area contributed by atoms with Crippen LogP contribution in [-0.2, 0) is 25.7 Å². The summed E-state index contributed by atoms with van der Waals surface area (Å²) in [6, 6.07) is 7.69. The normalized spacial score (nSPS) is 27.1. The van der Waals surface area contributed by atoms with Crippen molar-refractivity contribution in [3.05, 3.63) is 47.7 Å². The zero-order chi connectivity index (χ0) is 21.0. The average Bonchev–Trinajstić information content (AvgIpc) is 3.46. The number of amides is 2. The Morgan fingerprint density at radius 3 is 2.50 bits per heavy atom. The first-order valence-corrected chi connectivity index (χ1v) is 10.3. The lowest BCUT2D eigenvalue weighted by Crippen LogP contribution is -2.28. The Bertz CT molecular complexity index is 1100. The number of allylic oxidation sites excluding steroid dienone is 2. The summed E-state index contributed by atoms with van der Waals surface area (Å²) in [5.74, 6) is -0.941. The van der Waals surface area contributed by atoms with Crippen LogP contribution in [0.4, 0.5) is 0 Å². The molecule has 2 heterocycles. The Kier molecular flexibility index (Phi) is 4.34. The zero-order valence-electron chi connectivity index (χ0n) is 16.9. The van der Waals surface area contributed by atoms with Gasteiger partial charge in [0, 0.05) is 22.2 Å². The van der Waals surface area contributed by atoms with Crippen molar-refractivity contribution in [2.24, 2.45) is 28.8 Å². The van der Waals surface area contributed by atoms with Crippen molar-refractivity contribution in [2.45, 2.75) is 26.8 Å². The van der Waals surface area contributed by atoms with E-state index in [2.05, 4.69) is 17.3 Å². The van der Waals surface area contributed by atoms with E-state index >= 15 is 0 Å².